The summed E-state index contributed by atoms with van der Waals surface area (Å²) in [4.78, 5) is 10.6. The summed E-state index contributed by atoms with van der Waals surface area (Å²) in [5, 5.41) is 15.2. The zero-order valence-corrected chi connectivity index (χ0v) is 61.1. The third kappa shape index (κ3) is 36.9. The van der Waals surface area contributed by atoms with Gasteiger partial charge in [0.2, 0.25) is 0 Å². The first-order valence-electron chi connectivity index (χ1n) is 37.7. The Bertz CT molecular complexity index is 1720. The molecule has 4 aliphatic carbocycles. The number of hydrogen-bond donors (Lipinski definition) is 5. The van der Waals surface area contributed by atoms with E-state index < -0.39 is 0 Å². The highest BCUT2D eigenvalue weighted by molar-refractivity contribution is 7.98. The lowest BCUT2D eigenvalue weighted by molar-refractivity contribution is -0.230. The Morgan fingerprint density at radius 3 is 1.22 bits per heavy atom. The highest BCUT2D eigenvalue weighted by Gasteiger charge is 2.53. The Labute approximate surface area is 587 Å². The number of piperidine rings is 2. The first-order valence-corrected chi connectivity index (χ1v) is 39.4. The maximum absolute atomic E-state index is 10.4. The summed E-state index contributed by atoms with van der Waals surface area (Å²) in [5.74, 6) is 6.36. The Morgan fingerprint density at radius 1 is 0.344 bits per heavy atom. The van der Waals surface area contributed by atoms with Crippen LogP contribution < -0.4 is 20.2 Å². The molecule has 564 valence electrons. The minimum Gasteiger partial charge on any atom is -0.393 e. The van der Waals surface area contributed by atoms with Crippen LogP contribution in [0, 0.1) is 47.3 Å². The number of hydroxylamine groups is 1. The van der Waals surface area contributed by atoms with Gasteiger partial charge in [-0.3, -0.25) is 9.44 Å². The SMILES string of the molecule is CN1CC2CCC(O)CC2C(C2CCCC(SNCCOCCOCCOCCNCCCOCCOCCOCCOCCOCCOCCOCCOCCOCCCONCCOCCOCCOCCNSC3CCCC(C4CN(C)CC5C6CC(CC45)O6)C3)C2)C1. The number of likely N-dealkylation sites (tertiary alicyclic amines) is 2. The van der Waals surface area contributed by atoms with Gasteiger partial charge in [-0.25, -0.2) is 5.48 Å². The molecule has 0 aromatic heterocycles. The van der Waals surface area contributed by atoms with Crippen molar-refractivity contribution in [2.45, 2.75) is 125 Å². The first-order chi connectivity index (χ1) is 47.5. The summed E-state index contributed by atoms with van der Waals surface area (Å²) in [6, 6.07) is 0. The second-order valence-electron chi connectivity index (χ2n) is 27.3. The topological polar surface area (TPSA) is 232 Å². The predicted molar refractivity (Wildman–Crippen MR) is 375 cm³/mol. The fraction of sp³-hybridized carbons (Fsp3) is 1.00. The number of hydrogen-bond acceptors (Lipinski definition) is 26. The van der Waals surface area contributed by atoms with Gasteiger partial charge in [0.1, 0.15) is 0 Å². The molecule has 13 unspecified atom stereocenters. The Morgan fingerprint density at radius 2 is 0.740 bits per heavy atom. The monoisotopic (exact) mass is 1410 g/mol. The van der Waals surface area contributed by atoms with Gasteiger partial charge in [0.25, 0.3) is 0 Å². The quantitative estimate of drug-likeness (QED) is 0.0291. The molecule has 4 aliphatic heterocycles. The van der Waals surface area contributed by atoms with Gasteiger partial charge in [0, 0.05) is 88.4 Å². The van der Waals surface area contributed by atoms with Crippen LogP contribution in [0.2, 0.25) is 0 Å². The van der Waals surface area contributed by atoms with Crippen molar-refractivity contribution in [1.82, 2.24) is 30.0 Å². The van der Waals surface area contributed by atoms with Gasteiger partial charge >= 0.3 is 0 Å². The van der Waals surface area contributed by atoms with Crippen LogP contribution in [0.1, 0.15) is 96.3 Å². The Hall–Kier alpha value is -0.260. The molecular formula is C70H134N6O18S2. The second-order valence-corrected chi connectivity index (χ2v) is 29.6. The van der Waals surface area contributed by atoms with E-state index in [-0.39, 0.29) is 6.10 Å². The van der Waals surface area contributed by atoms with Crippen molar-refractivity contribution in [2.75, 3.05) is 278 Å². The van der Waals surface area contributed by atoms with E-state index in [2.05, 4.69) is 44.1 Å². The number of ether oxygens (including phenoxy) is 16. The van der Waals surface area contributed by atoms with Gasteiger partial charge in [-0.15, -0.1) is 0 Å². The highest BCUT2D eigenvalue weighted by Crippen LogP contribution is 2.52. The maximum atomic E-state index is 10.4. The van der Waals surface area contributed by atoms with Crippen molar-refractivity contribution in [3.63, 3.8) is 0 Å². The summed E-state index contributed by atoms with van der Waals surface area (Å²) < 4.78 is 97.9. The van der Waals surface area contributed by atoms with Crippen molar-refractivity contribution in [3.8, 4) is 0 Å². The molecule has 0 spiro atoms. The Kier molecular flexibility index (Phi) is 47.8. The standard InChI is InChI=1S/C70H134N6O18S2/c1-75-54-60-11-12-61(77)51-65(60)67(55-75)58-7-3-9-63(49-58)95-73-16-23-82-29-35-86-33-27-80-21-14-71-13-5-18-78-25-31-84-37-39-88-41-43-90-45-47-92-48-46-91-44-42-89-40-38-85-32-26-79-19-6-20-93-72-15-22-81-28-34-87-36-30-83-24-17-74-96-64-10-4-8-59(50-64)68-56-76(2)57-69-66(68)52-62-53-70(69)94-62/h58-74,77H,3-57H2,1-2H3. The highest BCUT2D eigenvalue weighted by atomic mass is 32.2. The van der Waals surface area contributed by atoms with E-state index in [0.717, 1.165) is 93.3 Å². The van der Waals surface area contributed by atoms with E-state index in [4.69, 9.17) is 80.6 Å². The number of aliphatic hydroxyl groups is 1. The first kappa shape index (κ1) is 83.0. The minimum absolute atomic E-state index is 0.0835. The predicted octanol–water partition coefficient (Wildman–Crippen LogP) is 5.41. The molecule has 2 bridgehead atoms. The average molecular weight is 1410 g/mol. The lowest BCUT2D eigenvalue weighted by Gasteiger charge is -2.58. The lowest BCUT2D eigenvalue weighted by Crippen LogP contribution is -2.61. The van der Waals surface area contributed by atoms with Crippen LogP contribution in [-0.2, 0) is 80.6 Å². The van der Waals surface area contributed by atoms with E-state index >= 15 is 0 Å². The van der Waals surface area contributed by atoms with Gasteiger partial charge in [-0.2, -0.15) is 0 Å². The molecule has 8 rings (SSSR count). The molecule has 4 heterocycles. The van der Waals surface area contributed by atoms with Gasteiger partial charge in [0.05, 0.1) is 210 Å². The van der Waals surface area contributed by atoms with Crippen molar-refractivity contribution in [1.29, 1.82) is 0 Å². The third-order valence-electron chi connectivity index (χ3n) is 19.9. The lowest BCUT2D eigenvalue weighted by atomic mass is 9.60. The third-order valence-corrected chi connectivity index (χ3v) is 22.2. The van der Waals surface area contributed by atoms with E-state index in [0.29, 0.717) is 240 Å². The van der Waals surface area contributed by atoms with Crippen molar-refractivity contribution >= 4 is 23.9 Å². The van der Waals surface area contributed by atoms with E-state index in [1.165, 1.54) is 96.8 Å². The molecule has 4 saturated heterocycles. The van der Waals surface area contributed by atoms with Crippen LogP contribution in [-0.4, -0.2) is 322 Å². The number of nitrogens with one attached hydrogen (secondary N) is 4. The number of fused-ring (bicyclic) bond motifs is 1. The van der Waals surface area contributed by atoms with Crippen molar-refractivity contribution in [3.05, 3.63) is 0 Å². The molecule has 8 fully saturated rings. The van der Waals surface area contributed by atoms with Crippen LogP contribution in [0.25, 0.3) is 0 Å². The number of rotatable bonds is 63. The van der Waals surface area contributed by atoms with Gasteiger partial charge in [-0.05, 0) is 126 Å². The van der Waals surface area contributed by atoms with Crippen LogP contribution in [0.3, 0.4) is 0 Å². The smallest absolute Gasteiger partial charge is 0.0704 e. The second kappa shape index (κ2) is 55.3. The molecule has 0 amide bonds. The Balaban J connectivity index is 0.476. The normalized spacial score (nSPS) is 27.8. The zero-order valence-electron chi connectivity index (χ0n) is 59.5. The number of nitrogens with zero attached hydrogens (tertiary/aromatic N) is 2. The fourth-order valence-corrected chi connectivity index (χ4v) is 17.4. The number of aliphatic hydroxyl groups excluding tert-OH is 1. The molecule has 5 N–H and O–H groups in total. The molecule has 26 heteroatoms. The van der Waals surface area contributed by atoms with E-state index in [1.54, 1.807) is 0 Å². The van der Waals surface area contributed by atoms with Crippen LogP contribution in [0.15, 0.2) is 0 Å². The molecule has 0 radical (unpaired) electrons. The molecule has 0 aromatic carbocycles. The molecule has 4 saturated carbocycles. The van der Waals surface area contributed by atoms with Gasteiger partial charge in [0.15, 0.2) is 0 Å². The average Bonchev–Trinajstić information content (AvgIpc) is 0.748. The molecular weight excluding hydrogens is 1280 g/mol. The van der Waals surface area contributed by atoms with Crippen LogP contribution >= 0.6 is 23.9 Å². The summed E-state index contributed by atoms with van der Waals surface area (Å²) in [5.41, 5.74) is 2.93. The van der Waals surface area contributed by atoms with E-state index in [9.17, 15) is 5.11 Å². The summed E-state index contributed by atoms with van der Waals surface area (Å²) in [6.07, 6.45) is 19.3. The van der Waals surface area contributed by atoms with Gasteiger partial charge < -0.3 is 101 Å². The van der Waals surface area contributed by atoms with E-state index in [1.807, 2.05) is 23.9 Å². The summed E-state index contributed by atoms with van der Waals surface area (Å²) in [6.45, 7) is 26.2. The molecule has 0 aromatic rings. The molecule has 8 aliphatic rings. The summed E-state index contributed by atoms with van der Waals surface area (Å²) >= 11 is 3.87. The van der Waals surface area contributed by atoms with Crippen LogP contribution in [0.4, 0.5) is 0 Å². The molecule has 13 atom stereocenters. The molecule has 96 heavy (non-hydrogen) atoms. The maximum Gasteiger partial charge on any atom is 0.0704 e. The van der Waals surface area contributed by atoms with Crippen LogP contribution in [0.5, 0.6) is 0 Å². The van der Waals surface area contributed by atoms with Crippen molar-refractivity contribution in [2.24, 2.45) is 47.3 Å². The molecule has 24 nitrogen and oxygen atoms in total. The van der Waals surface area contributed by atoms with Gasteiger partial charge in [-0.1, -0.05) is 49.6 Å². The summed E-state index contributed by atoms with van der Waals surface area (Å²) in [7, 11) is 4.62. The fourth-order valence-electron chi connectivity index (χ4n) is 15.3. The van der Waals surface area contributed by atoms with Crippen molar-refractivity contribution < 1.29 is 85.7 Å². The largest absolute Gasteiger partial charge is 0.393 e. The minimum atomic E-state index is -0.0835. The zero-order chi connectivity index (χ0) is 66.8.